The molecule has 0 aliphatic rings. The molecule has 4 nitrogen and oxygen atoms in total. The van der Waals surface area contributed by atoms with Gasteiger partial charge < -0.3 is 15.4 Å². The number of carboxylic acids is 1. The first kappa shape index (κ1) is 10.8. The van der Waals surface area contributed by atoms with Crippen molar-refractivity contribution in [3.63, 3.8) is 0 Å². The van der Waals surface area contributed by atoms with Crippen LogP contribution in [0.25, 0.3) is 0 Å². The largest absolute Gasteiger partial charge is 0.481 e. The minimum Gasteiger partial charge on any atom is -0.481 e. The molecule has 1 unspecified atom stereocenters. The van der Waals surface area contributed by atoms with E-state index in [9.17, 15) is 9.90 Å². The van der Waals surface area contributed by atoms with Crippen LogP contribution < -0.4 is 5.32 Å². The third-order valence-electron chi connectivity index (χ3n) is 2.54. The molecule has 1 heterocycles. The second kappa shape index (κ2) is 4.28. The van der Waals surface area contributed by atoms with Gasteiger partial charge in [-0.1, -0.05) is 0 Å². The van der Waals surface area contributed by atoms with Crippen molar-refractivity contribution >= 4 is 5.97 Å². The fourth-order valence-electron chi connectivity index (χ4n) is 1.41. The zero-order chi connectivity index (χ0) is 10.6. The standard InChI is InChI=1S/C10H16N2O2/c1-10(9(13)14,5-7-11-2)8-4-3-6-12-8/h3-4,6,11-12H,5,7H2,1-2H3,(H,13,14). The molecule has 0 aliphatic heterocycles. The van der Waals surface area contributed by atoms with Crippen LogP contribution in [0.15, 0.2) is 18.3 Å². The minimum atomic E-state index is -0.827. The molecule has 0 saturated heterocycles. The van der Waals surface area contributed by atoms with E-state index in [0.29, 0.717) is 13.0 Å². The molecular weight excluding hydrogens is 180 g/mol. The quantitative estimate of drug-likeness (QED) is 0.657. The molecule has 3 N–H and O–H groups in total. The van der Waals surface area contributed by atoms with Gasteiger partial charge in [0, 0.05) is 11.9 Å². The molecule has 0 radical (unpaired) electrons. The minimum absolute atomic E-state index is 0.569. The fraction of sp³-hybridized carbons (Fsp3) is 0.500. The SMILES string of the molecule is CNCCC(C)(C(=O)O)c1ccc[nH]1. The van der Waals surface area contributed by atoms with Gasteiger partial charge >= 0.3 is 5.97 Å². The number of carbonyl (C=O) groups is 1. The van der Waals surface area contributed by atoms with E-state index in [4.69, 9.17) is 0 Å². The topological polar surface area (TPSA) is 65.1 Å². The summed E-state index contributed by atoms with van der Waals surface area (Å²) in [5, 5.41) is 12.1. The van der Waals surface area contributed by atoms with E-state index >= 15 is 0 Å². The Morgan fingerprint density at radius 1 is 1.71 bits per heavy atom. The van der Waals surface area contributed by atoms with Crippen LogP contribution in [0.2, 0.25) is 0 Å². The molecular formula is C10H16N2O2. The van der Waals surface area contributed by atoms with Crippen LogP contribution >= 0.6 is 0 Å². The highest BCUT2D eigenvalue weighted by atomic mass is 16.4. The van der Waals surface area contributed by atoms with E-state index in [1.807, 2.05) is 19.2 Å². The molecule has 0 fully saturated rings. The van der Waals surface area contributed by atoms with Gasteiger partial charge in [0.1, 0.15) is 5.41 Å². The number of aromatic amines is 1. The second-order valence-corrected chi connectivity index (χ2v) is 3.57. The third kappa shape index (κ3) is 1.96. The Morgan fingerprint density at radius 2 is 2.43 bits per heavy atom. The maximum Gasteiger partial charge on any atom is 0.315 e. The fourth-order valence-corrected chi connectivity index (χ4v) is 1.41. The molecule has 78 valence electrons. The van der Waals surface area contributed by atoms with Gasteiger partial charge in [-0.3, -0.25) is 4.79 Å². The Morgan fingerprint density at radius 3 is 2.86 bits per heavy atom. The number of rotatable bonds is 5. The van der Waals surface area contributed by atoms with Gasteiger partial charge in [-0.2, -0.15) is 0 Å². The number of H-pyrrole nitrogens is 1. The molecule has 14 heavy (non-hydrogen) atoms. The maximum atomic E-state index is 11.2. The summed E-state index contributed by atoms with van der Waals surface area (Å²) in [4.78, 5) is 14.1. The van der Waals surface area contributed by atoms with Crippen molar-refractivity contribution in [1.29, 1.82) is 0 Å². The lowest BCUT2D eigenvalue weighted by Crippen LogP contribution is -2.35. The lowest BCUT2D eigenvalue weighted by molar-refractivity contribution is -0.143. The number of carboxylic acid groups (broad SMARTS) is 1. The van der Waals surface area contributed by atoms with Crippen molar-refractivity contribution in [2.24, 2.45) is 0 Å². The molecule has 1 aromatic heterocycles. The van der Waals surface area contributed by atoms with Crippen molar-refractivity contribution in [3.05, 3.63) is 24.0 Å². The van der Waals surface area contributed by atoms with Gasteiger partial charge in [0.25, 0.3) is 0 Å². The average molecular weight is 196 g/mol. The molecule has 0 amide bonds. The highest BCUT2D eigenvalue weighted by molar-refractivity contribution is 5.80. The van der Waals surface area contributed by atoms with Crippen LogP contribution in [0.5, 0.6) is 0 Å². The van der Waals surface area contributed by atoms with Crippen LogP contribution in [0.3, 0.4) is 0 Å². The van der Waals surface area contributed by atoms with Gasteiger partial charge in [-0.05, 0) is 39.1 Å². The molecule has 0 spiro atoms. The first-order valence-electron chi connectivity index (χ1n) is 4.63. The summed E-state index contributed by atoms with van der Waals surface area (Å²) in [6.45, 7) is 2.42. The summed E-state index contributed by atoms with van der Waals surface area (Å²) in [6, 6.07) is 3.62. The average Bonchev–Trinajstić information content (AvgIpc) is 2.66. The van der Waals surface area contributed by atoms with Crippen LogP contribution in [-0.2, 0) is 10.2 Å². The summed E-state index contributed by atoms with van der Waals surface area (Å²) in [7, 11) is 1.82. The predicted octanol–water partition coefficient (Wildman–Crippen LogP) is 0.966. The smallest absolute Gasteiger partial charge is 0.315 e. The Hall–Kier alpha value is -1.29. The maximum absolute atomic E-state index is 11.2. The van der Waals surface area contributed by atoms with Crippen LogP contribution in [-0.4, -0.2) is 29.7 Å². The molecule has 4 heteroatoms. The van der Waals surface area contributed by atoms with Crippen molar-refractivity contribution in [3.8, 4) is 0 Å². The number of hydrogen-bond acceptors (Lipinski definition) is 2. The summed E-state index contributed by atoms with van der Waals surface area (Å²) in [5.74, 6) is -0.796. The van der Waals surface area contributed by atoms with E-state index in [2.05, 4.69) is 10.3 Å². The number of aliphatic carboxylic acids is 1. The molecule has 1 aromatic rings. The van der Waals surface area contributed by atoms with Gasteiger partial charge in [0.15, 0.2) is 0 Å². The van der Waals surface area contributed by atoms with Gasteiger partial charge in [-0.25, -0.2) is 0 Å². The Labute approximate surface area is 83.3 Å². The number of hydrogen-bond donors (Lipinski definition) is 3. The zero-order valence-electron chi connectivity index (χ0n) is 8.50. The van der Waals surface area contributed by atoms with E-state index in [1.54, 1.807) is 13.1 Å². The van der Waals surface area contributed by atoms with Gasteiger partial charge in [0.05, 0.1) is 0 Å². The van der Waals surface area contributed by atoms with Crippen molar-refractivity contribution in [2.45, 2.75) is 18.8 Å². The summed E-state index contributed by atoms with van der Waals surface area (Å²) < 4.78 is 0. The van der Waals surface area contributed by atoms with E-state index in [1.165, 1.54) is 0 Å². The van der Waals surface area contributed by atoms with E-state index < -0.39 is 11.4 Å². The Bertz CT molecular complexity index is 295. The van der Waals surface area contributed by atoms with Crippen molar-refractivity contribution in [2.75, 3.05) is 13.6 Å². The third-order valence-corrected chi connectivity index (χ3v) is 2.54. The lowest BCUT2D eigenvalue weighted by Gasteiger charge is -2.23. The molecule has 0 aromatic carbocycles. The molecule has 1 rings (SSSR count). The molecule has 0 bridgehead atoms. The highest BCUT2D eigenvalue weighted by Crippen LogP contribution is 2.25. The zero-order valence-corrected chi connectivity index (χ0v) is 8.50. The van der Waals surface area contributed by atoms with Crippen LogP contribution in [0.1, 0.15) is 19.0 Å². The van der Waals surface area contributed by atoms with Crippen LogP contribution in [0.4, 0.5) is 0 Å². The number of nitrogens with one attached hydrogen (secondary N) is 2. The number of aromatic nitrogens is 1. The van der Waals surface area contributed by atoms with E-state index in [0.717, 1.165) is 5.69 Å². The Balaban J connectivity index is 2.87. The Kier molecular flexibility index (Phi) is 3.30. The lowest BCUT2D eigenvalue weighted by atomic mass is 9.83. The molecule has 0 aliphatic carbocycles. The molecule has 0 saturated carbocycles. The van der Waals surface area contributed by atoms with Crippen LogP contribution in [0, 0.1) is 0 Å². The molecule has 1 atom stereocenters. The second-order valence-electron chi connectivity index (χ2n) is 3.57. The first-order chi connectivity index (χ1) is 6.61. The van der Waals surface area contributed by atoms with E-state index in [-0.39, 0.29) is 0 Å². The van der Waals surface area contributed by atoms with Gasteiger partial charge in [0.2, 0.25) is 0 Å². The summed E-state index contributed by atoms with van der Waals surface area (Å²) in [6.07, 6.45) is 2.31. The monoisotopic (exact) mass is 196 g/mol. The summed E-state index contributed by atoms with van der Waals surface area (Å²) >= 11 is 0. The highest BCUT2D eigenvalue weighted by Gasteiger charge is 2.35. The van der Waals surface area contributed by atoms with Crippen molar-refractivity contribution in [1.82, 2.24) is 10.3 Å². The predicted molar refractivity (Wildman–Crippen MR) is 54.3 cm³/mol. The normalized spacial score (nSPS) is 15.0. The summed E-state index contributed by atoms with van der Waals surface area (Å²) in [5.41, 5.74) is -0.0766. The first-order valence-corrected chi connectivity index (χ1v) is 4.63. The van der Waals surface area contributed by atoms with Crippen molar-refractivity contribution < 1.29 is 9.90 Å². The van der Waals surface area contributed by atoms with Gasteiger partial charge in [-0.15, -0.1) is 0 Å².